The quantitative estimate of drug-likeness (QED) is 0.648. The molecule has 0 aliphatic rings. The van der Waals surface area contributed by atoms with Crippen molar-refractivity contribution in [3.05, 3.63) is 70.4 Å². The van der Waals surface area contributed by atoms with Crippen LogP contribution in [0.1, 0.15) is 21.6 Å². The number of carbonyl (C=O) groups is 1. The lowest BCUT2D eigenvalue weighted by molar-refractivity contribution is -0.137. The van der Waals surface area contributed by atoms with E-state index in [2.05, 4.69) is 15.5 Å². The fourth-order valence-electron chi connectivity index (χ4n) is 2.46. The molecule has 0 aliphatic heterocycles. The second-order valence-electron chi connectivity index (χ2n) is 5.58. The zero-order chi connectivity index (χ0) is 18.9. The zero-order valence-electron chi connectivity index (χ0n) is 13.5. The minimum absolute atomic E-state index is 0.217. The van der Waals surface area contributed by atoms with Crippen LogP contribution in [0.4, 0.5) is 18.9 Å². The molecule has 1 aromatic heterocycles. The summed E-state index contributed by atoms with van der Waals surface area (Å²) in [5.74, 6) is -0.478. The number of aromatic nitrogens is 2. The molecule has 0 radical (unpaired) electrons. The normalized spacial score (nSPS) is 11.4. The van der Waals surface area contributed by atoms with Crippen LogP contribution in [-0.4, -0.2) is 16.1 Å². The highest BCUT2D eigenvalue weighted by Crippen LogP contribution is 2.34. The Hall–Kier alpha value is -2.80. The Morgan fingerprint density at radius 2 is 1.88 bits per heavy atom. The molecule has 3 aromatic rings. The fourth-order valence-corrected chi connectivity index (χ4v) is 2.68. The molecule has 4 nitrogen and oxygen atoms in total. The molecular weight excluding hydrogens is 367 g/mol. The summed E-state index contributed by atoms with van der Waals surface area (Å²) in [7, 11) is 0. The van der Waals surface area contributed by atoms with Crippen molar-refractivity contribution in [3.8, 4) is 11.3 Å². The second-order valence-corrected chi connectivity index (χ2v) is 5.99. The van der Waals surface area contributed by atoms with Crippen molar-refractivity contribution >= 4 is 23.2 Å². The molecule has 0 fully saturated rings. The molecule has 0 aliphatic carbocycles. The number of aryl methyl sites for hydroxylation is 1. The smallest absolute Gasteiger partial charge is 0.318 e. The average molecular weight is 380 g/mol. The summed E-state index contributed by atoms with van der Waals surface area (Å²) in [5, 5.41) is 9.67. The van der Waals surface area contributed by atoms with Crippen LogP contribution in [0.5, 0.6) is 0 Å². The summed E-state index contributed by atoms with van der Waals surface area (Å²) in [5.41, 5.74) is 0.725. The van der Waals surface area contributed by atoms with Crippen molar-refractivity contribution in [3.63, 3.8) is 0 Å². The standard InChI is InChI=1S/C18H13ClF3N3O/c1-10-15(23-17(26)13-7-2-3-8-14(13)19)16(25-24-10)11-5-4-6-12(9-11)18(20,21)22/h2-9H,1H3,(H,23,26)(H,24,25). The number of hydrogen-bond donors (Lipinski definition) is 2. The van der Waals surface area contributed by atoms with Crippen LogP contribution in [0.25, 0.3) is 11.3 Å². The van der Waals surface area contributed by atoms with Crippen LogP contribution in [0.2, 0.25) is 5.02 Å². The maximum Gasteiger partial charge on any atom is 0.416 e. The van der Waals surface area contributed by atoms with E-state index in [1.54, 1.807) is 31.2 Å². The molecule has 8 heteroatoms. The lowest BCUT2D eigenvalue weighted by atomic mass is 10.1. The van der Waals surface area contributed by atoms with Crippen molar-refractivity contribution in [1.82, 2.24) is 10.2 Å². The van der Waals surface area contributed by atoms with Crippen LogP contribution in [0.3, 0.4) is 0 Å². The number of halogens is 4. The molecule has 0 atom stereocenters. The number of alkyl halides is 3. The first-order valence-electron chi connectivity index (χ1n) is 7.56. The first-order valence-corrected chi connectivity index (χ1v) is 7.93. The van der Waals surface area contributed by atoms with Crippen molar-refractivity contribution in [2.75, 3.05) is 5.32 Å². The van der Waals surface area contributed by atoms with Crippen molar-refractivity contribution in [1.29, 1.82) is 0 Å². The van der Waals surface area contributed by atoms with Gasteiger partial charge in [0.15, 0.2) is 0 Å². The molecule has 0 spiro atoms. The highest BCUT2D eigenvalue weighted by Gasteiger charge is 2.31. The number of H-pyrrole nitrogens is 1. The largest absolute Gasteiger partial charge is 0.416 e. The molecule has 2 N–H and O–H groups in total. The van der Waals surface area contributed by atoms with Gasteiger partial charge in [-0.25, -0.2) is 0 Å². The van der Waals surface area contributed by atoms with E-state index in [0.717, 1.165) is 12.1 Å². The molecule has 0 unspecified atom stereocenters. The first-order chi connectivity index (χ1) is 12.3. The van der Waals surface area contributed by atoms with E-state index >= 15 is 0 Å². The van der Waals surface area contributed by atoms with Gasteiger partial charge in [-0.3, -0.25) is 9.89 Å². The van der Waals surface area contributed by atoms with E-state index < -0.39 is 17.6 Å². The number of nitrogens with zero attached hydrogens (tertiary/aromatic N) is 1. The Kier molecular flexibility index (Phi) is 4.73. The Balaban J connectivity index is 1.98. The predicted octanol–water partition coefficient (Wildman–Crippen LogP) is 5.31. The summed E-state index contributed by atoms with van der Waals surface area (Å²) >= 11 is 6.02. The van der Waals surface area contributed by atoms with Gasteiger partial charge in [-0.2, -0.15) is 18.3 Å². The summed E-state index contributed by atoms with van der Waals surface area (Å²) < 4.78 is 38.9. The van der Waals surface area contributed by atoms with Gasteiger partial charge in [-0.05, 0) is 31.2 Å². The molecule has 1 heterocycles. The molecule has 26 heavy (non-hydrogen) atoms. The summed E-state index contributed by atoms with van der Waals surface area (Å²) in [4.78, 5) is 12.5. The highest BCUT2D eigenvalue weighted by molar-refractivity contribution is 6.34. The van der Waals surface area contributed by atoms with E-state index in [9.17, 15) is 18.0 Å². The van der Waals surface area contributed by atoms with Gasteiger partial charge in [-0.1, -0.05) is 35.9 Å². The molecule has 0 saturated heterocycles. The first kappa shape index (κ1) is 18.0. The van der Waals surface area contributed by atoms with Crippen molar-refractivity contribution in [2.45, 2.75) is 13.1 Å². The Labute approximate surface area is 152 Å². The minimum atomic E-state index is -4.47. The number of aromatic amines is 1. The summed E-state index contributed by atoms with van der Waals surface area (Å²) in [6.07, 6.45) is -4.47. The van der Waals surface area contributed by atoms with Gasteiger partial charge in [0.1, 0.15) is 5.69 Å². The number of amides is 1. The zero-order valence-corrected chi connectivity index (χ0v) is 14.2. The van der Waals surface area contributed by atoms with Gasteiger partial charge < -0.3 is 5.32 Å². The van der Waals surface area contributed by atoms with Crippen LogP contribution in [0, 0.1) is 6.92 Å². The molecule has 2 aromatic carbocycles. The molecule has 1 amide bonds. The third-order valence-electron chi connectivity index (χ3n) is 3.77. The minimum Gasteiger partial charge on any atom is -0.318 e. The topological polar surface area (TPSA) is 57.8 Å². The van der Waals surface area contributed by atoms with Gasteiger partial charge in [0.2, 0.25) is 0 Å². The van der Waals surface area contributed by atoms with Gasteiger partial charge >= 0.3 is 6.18 Å². The molecule has 0 saturated carbocycles. The molecule has 134 valence electrons. The lowest BCUT2D eigenvalue weighted by Crippen LogP contribution is -2.13. The van der Waals surface area contributed by atoms with Crippen LogP contribution < -0.4 is 5.32 Å². The number of benzene rings is 2. The Bertz CT molecular complexity index is 966. The van der Waals surface area contributed by atoms with Crippen LogP contribution >= 0.6 is 11.6 Å². The van der Waals surface area contributed by atoms with E-state index in [-0.39, 0.29) is 21.8 Å². The SMILES string of the molecule is Cc1[nH]nc(-c2cccc(C(F)(F)F)c2)c1NC(=O)c1ccccc1Cl. The average Bonchev–Trinajstić information content (AvgIpc) is 2.95. The third kappa shape index (κ3) is 3.57. The number of anilines is 1. The summed E-state index contributed by atoms with van der Waals surface area (Å²) in [6.45, 7) is 1.66. The van der Waals surface area contributed by atoms with E-state index in [4.69, 9.17) is 11.6 Å². The molecule has 3 rings (SSSR count). The highest BCUT2D eigenvalue weighted by atomic mass is 35.5. The monoisotopic (exact) mass is 379 g/mol. The number of carbonyl (C=O) groups excluding carboxylic acids is 1. The van der Waals surface area contributed by atoms with Crippen molar-refractivity contribution < 1.29 is 18.0 Å². The van der Waals surface area contributed by atoms with Crippen LogP contribution in [-0.2, 0) is 6.18 Å². The van der Waals surface area contributed by atoms with Gasteiger partial charge in [-0.15, -0.1) is 0 Å². The lowest BCUT2D eigenvalue weighted by Gasteiger charge is -2.10. The number of hydrogen-bond acceptors (Lipinski definition) is 2. The predicted molar refractivity (Wildman–Crippen MR) is 93.2 cm³/mol. The Morgan fingerprint density at radius 1 is 1.15 bits per heavy atom. The molecule has 0 bridgehead atoms. The summed E-state index contributed by atoms with van der Waals surface area (Å²) in [6, 6.07) is 11.2. The van der Waals surface area contributed by atoms with Crippen molar-refractivity contribution in [2.24, 2.45) is 0 Å². The van der Waals surface area contributed by atoms with Gasteiger partial charge in [0.05, 0.1) is 27.5 Å². The van der Waals surface area contributed by atoms with E-state index in [0.29, 0.717) is 11.4 Å². The van der Waals surface area contributed by atoms with Gasteiger partial charge in [0, 0.05) is 5.56 Å². The maximum absolute atomic E-state index is 13.0. The second kappa shape index (κ2) is 6.84. The van der Waals surface area contributed by atoms with Crippen LogP contribution in [0.15, 0.2) is 48.5 Å². The number of rotatable bonds is 3. The Morgan fingerprint density at radius 3 is 2.58 bits per heavy atom. The maximum atomic E-state index is 13.0. The third-order valence-corrected chi connectivity index (χ3v) is 4.10. The van der Waals surface area contributed by atoms with E-state index in [1.165, 1.54) is 12.1 Å². The van der Waals surface area contributed by atoms with Gasteiger partial charge in [0.25, 0.3) is 5.91 Å². The number of nitrogens with one attached hydrogen (secondary N) is 2. The molecular formula is C18H13ClF3N3O. The van der Waals surface area contributed by atoms with E-state index in [1.807, 2.05) is 0 Å². The fraction of sp³-hybridized carbons (Fsp3) is 0.111.